The van der Waals surface area contributed by atoms with Gasteiger partial charge < -0.3 is 15.6 Å². The molecule has 5 heteroatoms. The minimum absolute atomic E-state index is 0.202. The van der Waals surface area contributed by atoms with Crippen molar-refractivity contribution >= 4 is 23.4 Å². The predicted molar refractivity (Wildman–Crippen MR) is 69.0 cm³/mol. The molecule has 1 aromatic rings. The second-order valence-corrected chi connectivity index (χ2v) is 5.11. The third-order valence-corrected chi connectivity index (χ3v) is 3.67. The normalized spacial score (nSPS) is 14.1. The molecule has 17 heavy (non-hydrogen) atoms. The summed E-state index contributed by atoms with van der Waals surface area (Å²) in [5, 5.41) is 9.87. The second kappa shape index (κ2) is 5.42. The van der Waals surface area contributed by atoms with Crippen LogP contribution in [0.4, 0.5) is 5.69 Å². The number of aliphatic hydroxyl groups is 1. The Hall–Kier alpha value is -1.20. The number of ether oxygens (including phenoxy) is 1. The lowest BCUT2D eigenvalue weighted by Gasteiger charge is -2.19. The molecular weight excluding hydrogens is 238 g/mol. The molecule has 0 aliphatic rings. The maximum absolute atomic E-state index is 11.3. The number of esters is 1. The first-order valence-electron chi connectivity index (χ1n) is 5.16. The second-order valence-electron chi connectivity index (χ2n) is 4.10. The van der Waals surface area contributed by atoms with Crippen LogP contribution in [0.1, 0.15) is 12.5 Å². The zero-order valence-corrected chi connectivity index (χ0v) is 11.0. The van der Waals surface area contributed by atoms with E-state index in [4.69, 9.17) is 5.73 Å². The molecular formula is C12H17NO3S. The van der Waals surface area contributed by atoms with Crippen molar-refractivity contribution in [1.29, 1.82) is 0 Å². The summed E-state index contributed by atoms with van der Waals surface area (Å²) in [6.07, 6.45) is 0. The Labute approximate surface area is 105 Å². The van der Waals surface area contributed by atoms with Gasteiger partial charge in [-0.15, -0.1) is 11.8 Å². The first kappa shape index (κ1) is 13.9. The number of benzene rings is 1. The quantitative estimate of drug-likeness (QED) is 0.485. The van der Waals surface area contributed by atoms with Crippen LogP contribution in [0.15, 0.2) is 23.1 Å². The monoisotopic (exact) mass is 255 g/mol. The van der Waals surface area contributed by atoms with Crippen molar-refractivity contribution in [2.75, 3.05) is 18.6 Å². The Bertz CT molecular complexity index is 418. The summed E-state index contributed by atoms with van der Waals surface area (Å²) in [4.78, 5) is 12.1. The SMILES string of the molecule is COC(=O)C(C)(O)CSc1cc(C)ccc1N. The first-order valence-corrected chi connectivity index (χ1v) is 6.15. The molecule has 1 rings (SSSR count). The highest BCUT2D eigenvalue weighted by Crippen LogP contribution is 2.29. The minimum Gasteiger partial charge on any atom is -0.467 e. The van der Waals surface area contributed by atoms with E-state index in [1.54, 1.807) is 0 Å². The lowest BCUT2D eigenvalue weighted by Crippen LogP contribution is -2.38. The first-order chi connectivity index (χ1) is 7.86. The standard InChI is InChI=1S/C12H17NO3S/c1-8-4-5-9(13)10(6-8)17-7-12(2,15)11(14)16-3/h4-6,15H,7,13H2,1-3H3. The fourth-order valence-electron chi connectivity index (χ4n) is 1.26. The number of nitrogens with two attached hydrogens (primary N) is 1. The average molecular weight is 255 g/mol. The molecule has 0 radical (unpaired) electrons. The zero-order chi connectivity index (χ0) is 13.1. The highest BCUT2D eigenvalue weighted by atomic mass is 32.2. The summed E-state index contributed by atoms with van der Waals surface area (Å²) in [5.41, 5.74) is 6.03. The molecule has 1 aromatic carbocycles. The molecule has 0 spiro atoms. The van der Waals surface area contributed by atoms with E-state index in [1.165, 1.54) is 25.8 Å². The van der Waals surface area contributed by atoms with Crippen molar-refractivity contribution in [1.82, 2.24) is 0 Å². The van der Waals surface area contributed by atoms with E-state index < -0.39 is 11.6 Å². The molecule has 0 saturated carbocycles. The third-order valence-electron chi connectivity index (χ3n) is 2.30. The Morgan fingerprint density at radius 1 is 1.59 bits per heavy atom. The van der Waals surface area contributed by atoms with Gasteiger partial charge in [-0.2, -0.15) is 0 Å². The minimum atomic E-state index is -1.50. The summed E-state index contributed by atoms with van der Waals surface area (Å²) in [5.74, 6) is -0.441. The topological polar surface area (TPSA) is 72.5 Å². The van der Waals surface area contributed by atoms with E-state index in [9.17, 15) is 9.90 Å². The Morgan fingerprint density at radius 2 is 2.24 bits per heavy atom. The van der Waals surface area contributed by atoms with Gasteiger partial charge >= 0.3 is 5.97 Å². The number of anilines is 1. The molecule has 3 N–H and O–H groups in total. The average Bonchev–Trinajstić information content (AvgIpc) is 2.29. The smallest absolute Gasteiger partial charge is 0.338 e. The molecule has 0 aliphatic heterocycles. The van der Waals surface area contributed by atoms with E-state index >= 15 is 0 Å². The zero-order valence-electron chi connectivity index (χ0n) is 10.2. The molecule has 0 heterocycles. The van der Waals surface area contributed by atoms with Gasteiger partial charge in [0.1, 0.15) is 0 Å². The van der Waals surface area contributed by atoms with Crippen LogP contribution in [-0.4, -0.2) is 29.5 Å². The lowest BCUT2D eigenvalue weighted by molar-refractivity contribution is -0.158. The van der Waals surface area contributed by atoms with Gasteiger partial charge in [-0.25, -0.2) is 4.79 Å². The predicted octanol–water partition coefficient (Wildman–Crippen LogP) is 1.59. The maximum atomic E-state index is 11.3. The van der Waals surface area contributed by atoms with Crippen LogP contribution in [0.3, 0.4) is 0 Å². The van der Waals surface area contributed by atoms with Crippen LogP contribution in [-0.2, 0) is 9.53 Å². The molecule has 0 fully saturated rings. The number of hydrogen-bond acceptors (Lipinski definition) is 5. The van der Waals surface area contributed by atoms with Crippen molar-refractivity contribution in [2.24, 2.45) is 0 Å². The molecule has 1 unspecified atom stereocenters. The van der Waals surface area contributed by atoms with Gasteiger partial charge in [0.05, 0.1) is 7.11 Å². The maximum Gasteiger partial charge on any atom is 0.338 e. The third kappa shape index (κ3) is 3.64. The van der Waals surface area contributed by atoms with Crippen LogP contribution in [0.5, 0.6) is 0 Å². The van der Waals surface area contributed by atoms with Crippen molar-refractivity contribution in [3.8, 4) is 0 Å². The number of nitrogen functional groups attached to an aromatic ring is 1. The molecule has 0 aliphatic carbocycles. The Balaban J connectivity index is 2.73. The van der Waals surface area contributed by atoms with Gasteiger partial charge in [0.2, 0.25) is 0 Å². The van der Waals surface area contributed by atoms with Gasteiger partial charge in [-0.3, -0.25) is 0 Å². The number of methoxy groups -OCH3 is 1. The Morgan fingerprint density at radius 3 is 2.82 bits per heavy atom. The number of rotatable bonds is 4. The van der Waals surface area contributed by atoms with E-state index in [0.29, 0.717) is 5.69 Å². The van der Waals surface area contributed by atoms with Crippen LogP contribution in [0, 0.1) is 6.92 Å². The van der Waals surface area contributed by atoms with Crippen molar-refractivity contribution in [3.05, 3.63) is 23.8 Å². The van der Waals surface area contributed by atoms with E-state index in [1.807, 2.05) is 25.1 Å². The van der Waals surface area contributed by atoms with Gasteiger partial charge in [-0.05, 0) is 31.5 Å². The van der Waals surface area contributed by atoms with Gasteiger partial charge in [0, 0.05) is 16.3 Å². The van der Waals surface area contributed by atoms with Crippen molar-refractivity contribution in [2.45, 2.75) is 24.3 Å². The van der Waals surface area contributed by atoms with Crippen molar-refractivity contribution in [3.63, 3.8) is 0 Å². The largest absolute Gasteiger partial charge is 0.467 e. The highest BCUT2D eigenvalue weighted by molar-refractivity contribution is 7.99. The molecule has 0 aromatic heterocycles. The Kier molecular flexibility index (Phi) is 4.42. The molecule has 0 bridgehead atoms. The van der Waals surface area contributed by atoms with Crippen LogP contribution >= 0.6 is 11.8 Å². The number of carbonyl (C=O) groups is 1. The number of aryl methyl sites for hydroxylation is 1. The van der Waals surface area contributed by atoms with Gasteiger partial charge in [-0.1, -0.05) is 6.07 Å². The molecule has 4 nitrogen and oxygen atoms in total. The van der Waals surface area contributed by atoms with E-state index in [2.05, 4.69) is 4.74 Å². The molecule has 94 valence electrons. The number of hydrogen-bond donors (Lipinski definition) is 2. The highest BCUT2D eigenvalue weighted by Gasteiger charge is 2.31. The van der Waals surface area contributed by atoms with Gasteiger partial charge in [0.15, 0.2) is 5.60 Å². The fraction of sp³-hybridized carbons (Fsp3) is 0.417. The fourth-order valence-corrected chi connectivity index (χ4v) is 2.32. The summed E-state index contributed by atoms with van der Waals surface area (Å²) in [7, 11) is 1.25. The van der Waals surface area contributed by atoms with Crippen molar-refractivity contribution < 1.29 is 14.6 Å². The van der Waals surface area contributed by atoms with Crippen LogP contribution < -0.4 is 5.73 Å². The molecule has 1 atom stereocenters. The lowest BCUT2D eigenvalue weighted by atomic mass is 10.1. The number of thioether (sulfide) groups is 1. The summed E-state index contributed by atoms with van der Waals surface area (Å²) >= 11 is 1.34. The summed E-state index contributed by atoms with van der Waals surface area (Å²) < 4.78 is 4.52. The van der Waals surface area contributed by atoms with Crippen LogP contribution in [0.25, 0.3) is 0 Å². The van der Waals surface area contributed by atoms with E-state index in [0.717, 1.165) is 10.5 Å². The summed E-state index contributed by atoms with van der Waals surface area (Å²) in [6.45, 7) is 3.39. The molecule has 0 saturated heterocycles. The summed E-state index contributed by atoms with van der Waals surface area (Å²) in [6, 6.07) is 5.65. The van der Waals surface area contributed by atoms with E-state index in [-0.39, 0.29) is 5.75 Å². The molecule has 0 amide bonds. The van der Waals surface area contributed by atoms with Crippen LogP contribution in [0.2, 0.25) is 0 Å². The number of carbonyl (C=O) groups excluding carboxylic acids is 1. The van der Waals surface area contributed by atoms with Gasteiger partial charge in [0.25, 0.3) is 0 Å².